The van der Waals surface area contributed by atoms with E-state index in [1.165, 1.54) is 0 Å². The summed E-state index contributed by atoms with van der Waals surface area (Å²) >= 11 is 14.5. The first kappa shape index (κ1) is 19.7. The number of aliphatic hydroxyl groups is 1. The standard InChI is InChI=1S/C15H20Br4O3/c1-3-7(16)12-6-10(20)15(22-12)13(19)14-9(18)5-8(17)11(4-2)21-14/h1,7-15,20H,4-6H2,2H3/t7-,8+,9-,10-,11-,12-,13+,14-,15+/m1/s1. The zero-order valence-corrected chi connectivity index (χ0v) is 18.5. The van der Waals surface area contributed by atoms with Crippen LogP contribution in [0.2, 0.25) is 0 Å². The van der Waals surface area contributed by atoms with Crippen LogP contribution in [0.25, 0.3) is 0 Å². The van der Waals surface area contributed by atoms with Crippen molar-refractivity contribution >= 4 is 63.7 Å². The van der Waals surface area contributed by atoms with Gasteiger partial charge in [0.05, 0.1) is 35.3 Å². The highest BCUT2D eigenvalue weighted by Crippen LogP contribution is 2.39. The fourth-order valence-corrected chi connectivity index (χ4v) is 6.97. The SMILES string of the molecule is C#C[C@@H](Br)[C@H]1C[C@@H](O)[C@@H]([C@@H](Br)[C@@H]2O[C@H](CC)[C@@H](Br)C[C@H]2Br)O1. The smallest absolute Gasteiger partial charge is 0.101 e. The maximum absolute atomic E-state index is 10.3. The molecule has 1 N–H and O–H groups in total. The molecule has 0 aromatic heterocycles. The molecule has 0 amide bonds. The Morgan fingerprint density at radius 2 is 1.86 bits per heavy atom. The van der Waals surface area contributed by atoms with Gasteiger partial charge in [-0.05, 0) is 12.8 Å². The summed E-state index contributed by atoms with van der Waals surface area (Å²) in [6, 6.07) is 0. The molecule has 126 valence electrons. The largest absolute Gasteiger partial charge is 0.390 e. The van der Waals surface area contributed by atoms with Gasteiger partial charge in [-0.1, -0.05) is 76.6 Å². The number of aliphatic hydroxyl groups excluding tert-OH is 1. The van der Waals surface area contributed by atoms with E-state index in [0.717, 1.165) is 12.8 Å². The molecule has 0 aliphatic carbocycles. The third kappa shape index (κ3) is 4.30. The van der Waals surface area contributed by atoms with Gasteiger partial charge in [0, 0.05) is 16.1 Å². The van der Waals surface area contributed by atoms with E-state index in [9.17, 15) is 5.11 Å². The summed E-state index contributed by atoms with van der Waals surface area (Å²) in [6.07, 6.45) is 6.95. The van der Waals surface area contributed by atoms with Crippen LogP contribution < -0.4 is 0 Å². The Morgan fingerprint density at radius 1 is 1.18 bits per heavy atom. The molecule has 0 spiro atoms. The minimum absolute atomic E-state index is 0.0586. The van der Waals surface area contributed by atoms with Gasteiger partial charge in [0.15, 0.2) is 0 Å². The molecule has 7 heteroatoms. The van der Waals surface area contributed by atoms with E-state index in [4.69, 9.17) is 15.9 Å². The molecule has 2 fully saturated rings. The van der Waals surface area contributed by atoms with Gasteiger partial charge in [0.1, 0.15) is 4.83 Å². The van der Waals surface area contributed by atoms with E-state index in [2.05, 4.69) is 76.6 Å². The molecule has 22 heavy (non-hydrogen) atoms. The average molecular weight is 568 g/mol. The van der Waals surface area contributed by atoms with E-state index in [-0.39, 0.29) is 38.9 Å². The van der Waals surface area contributed by atoms with Gasteiger partial charge in [0.25, 0.3) is 0 Å². The molecule has 2 aliphatic rings. The van der Waals surface area contributed by atoms with Gasteiger partial charge in [-0.25, -0.2) is 0 Å². The number of hydrogen-bond acceptors (Lipinski definition) is 3. The number of terminal acetylenes is 1. The van der Waals surface area contributed by atoms with E-state index < -0.39 is 6.10 Å². The van der Waals surface area contributed by atoms with Crippen LogP contribution in [0.3, 0.4) is 0 Å². The Kier molecular flexibility index (Phi) is 7.73. The maximum Gasteiger partial charge on any atom is 0.101 e. The van der Waals surface area contributed by atoms with E-state index >= 15 is 0 Å². The third-order valence-corrected chi connectivity index (χ3v) is 8.00. The first-order valence-corrected chi connectivity index (χ1v) is 11.1. The number of rotatable bonds is 4. The topological polar surface area (TPSA) is 38.7 Å². The van der Waals surface area contributed by atoms with Crippen LogP contribution in [0.1, 0.15) is 26.2 Å². The average Bonchev–Trinajstić information content (AvgIpc) is 2.88. The van der Waals surface area contributed by atoms with Gasteiger partial charge in [-0.3, -0.25) is 0 Å². The van der Waals surface area contributed by atoms with E-state index in [0.29, 0.717) is 11.2 Å². The van der Waals surface area contributed by atoms with Crippen molar-refractivity contribution in [2.45, 2.75) is 76.0 Å². The van der Waals surface area contributed by atoms with Crippen molar-refractivity contribution in [1.82, 2.24) is 0 Å². The summed E-state index contributed by atoms with van der Waals surface area (Å²) in [5.41, 5.74) is 0. The molecule has 0 unspecified atom stereocenters. The Balaban J connectivity index is 2.04. The van der Waals surface area contributed by atoms with E-state index in [1.54, 1.807) is 0 Å². The number of alkyl halides is 4. The lowest BCUT2D eigenvalue weighted by Gasteiger charge is -2.41. The Hall–Kier alpha value is 1.36. The Labute approximate surface area is 165 Å². The lowest BCUT2D eigenvalue weighted by Crippen LogP contribution is -2.51. The number of hydrogen-bond donors (Lipinski definition) is 1. The highest BCUT2D eigenvalue weighted by atomic mass is 79.9. The minimum atomic E-state index is -0.548. The van der Waals surface area contributed by atoms with Crippen LogP contribution in [-0.4, -0.2) is 54.9 Å². The van der Waals surface area contributed by atoms with Gasteiger partial charge in [0.2, 0.25) is 0 Å². The van der Waals surface area contributed by atoms with Crippen LogP contribution in [0.5, 0.6) is 0 Å². The van der Waals surface area contributed by atoms with Gasteiger partial charge < -0.3 is 14.6 Å². The summed E-state index contributed by atoms with van der Waals surface area (Å²) in [7, 11) is 0. The lowest BCUT2D eigenvalue weighted by atomic mass is 9.96. The molecule has 0 aromatic rings. The second kappa shape index (κ2) is 8.64. The monoisotopic (exact) mass is 564 g/mol. The zero-order valence-electron chi connectivity index (χ0n) is 12.2. The summed E-state index contributed by atoms with van der Waals surface area (Å²) in [4.78, 5) is 0.261. The predicted molar refractivity (Wildman–Crippen MR) is 103 cm³/mol. The van der Waals surface area contributed by atoms with Crippen molar-refractivity contribution in [3.05, 3.63) is 0 Å². The Bertz CT molecular complexity index is 416. The highest BCUT2D eigenvalue weighted by Gasteiger charge is 2.47. The summed E-state index contributed by atoms with van der Waals surface area (Å²) in [5, 5.41) is 10.3. The first-order chi connectivity index (χ1) is 10.4. The molecule has 3 nitrogen and oxygen atoms in total. The highest BCUT2D eigenvalue weighted by molar-refractivity contribution is 9.10. The third-order valence-electron chi connectivity index (χ3n) is 4.24. The fourth-order valence-electron chi connectivity index (χ4n) is 2.99. The van der Waals surface area contributed by atoms with Crippen LogP contribution in [-0.2, 0) is 9.47 Å². The van der Waals surface area contributed by atoms with Crippen molar-refractivity contribution in [3.63, 3.8) is 0 Å². The van der Waals surface area contributed by atoms with E-state index in [1.807, 2.05) is 0 Å². The van der Waals surface area contributed by atoms with Crippen molar-refractivity contribution < 1.29 is 14.6 Å². The molecule has 0 bridgehead atoms. The molecule has 2 aliphatic heterocycles. The molecule has 2 heterocycles. The summed E-state index contributed by atoms with van der Waals surface area (Å²) < 4.78 is 12.2. The quantitative estimate of drug-likeness (QED) is 0.415. The molecule has 0 aromatic carbocycles. The molecule has 0 saturated carbocycles. The second-order valence-corrected chi connectivity index (χ2v) is 10.2. The minimum Gasteiger partial charge on any atom is -0.390 e. The first-order valence-electron chi connectivity index (χ1n) is 7.40. The summed E-state index contributed by atoms with van der Waals surface area (Å²) in [5.74, 6) is 2.62. The number of halogens is 4. The molecular weight excluding hydrogens is 548 g/mol. The second-order valence-electron chi connectivity index (χ2n) is 5.77. The van der Waals surface area contributed by atoms with Gasteiger partial charge in [-0.2, -0.15) is 0 Å². The van der Waals surface area contributed by atoms with Crippen LogP contribution >= 0.6 is 63.7 Å². The van der Waals surface area contributed by atoms with Crippen LogP contribution in [0.4, 0.5) is 0 Å². The van der Waals surface area contributed by atoms with Crippen molar-refractivity contribution in [2.75, 3.05) is 0 Å². The molecular formula is C15H20Br4O3. The van der Waals surface area contributed by atoms with Gasteiger partial charge in [-0.15, -0.1) is 6.42 Å². The van der Waals surface area contributed by atoms with Crippen LogP contribution in [0, 0.1) is 12.3 Å². The molecule has 9 atom stereocenters. The van der Waals surface area contributed by atoms with Gasteiger partial charge >= 0.3 is 0 Å². The summed E-state index contributed by atoms with van der Waals surface area (Å²) in [6.45, 7) is 2.12. The molecule has 0 radical (unpaired) electrons. The van der Waals surface area contributed by atoms with Crippen molar-refractivity contribution in [3.8, 4) is 12.3 Å². The van der Waals surface area contributed by atoms with Crippen LogP contribution in [0.15, 0.2) is 0 Å². The zero-order chi connectivity index (χ0) is 16.4. The molecule has 2 rings (SSSR count). The predicted octanol–water partition coefficient (Wildman–Crippen LogP) is 3.76. The normalized spacial score (nSPS) is 45.2. The van der Waals surface area contributed by atoms with Crippen molar-refractivity contribution in [2.24, 2.45) is 0 Å². The number of ether oxygens (including phenoxy) is 2. The molecule has 2 saturated heterocycles. The van der Waals surface area contributed by atoms with Crippen molar-refractivity contribution in [1.29, 1.82) is 0 Å². The maximum atomic E-state index is 10.3. The Morgan fingerprint density at radius 3 is 2.45 bits per heavy atom. The fraction of sp³-hybridized carbons (Fsp3) is 0.867. The lowest BCUT2D eigenvalue weighted by molar-refractivity contribution is -0.0731.